The molecule has 0 saturated carbocycles. The molecule has 0 aliphatic carbocycles. The molecule has 0 aliphatic heterocycles. The third-order valence-electron chi connectivity index (χ3n) is 3.46. The number of hydrogen-bond acceptors (Lipinski definition) is 3. The maximum atomic E-state index is 12.8. The highest BCUT2D eigenvalue weighted by Crippen LogP contribution is 2.28. The molecule has 0 bridgehead atoms. The Bertz CT molecular complexity index is 933. The monoisotopic (exact) mass is 335 g/mol. The summed E-state index contributed by atoms with van der Waals surface area (Å²) in [6.45, 7) is 1.90. The second kappa shape index (κ2) is 5.30. The first kappa shape index (κ1) is 14.9. The van der Waals surface area contributed by atoms with Gasteiger partial charge in [-0.05, 0) is 36.8 Å². The van der Waals surface area contributed by atoms with Crippen LogP contribution in [-0.2, 0) is 10.0 Å². The Labute approximate surface area is 133 Å². The molecule has 114 valence electrons. The average molecular weight is 336 g/mol. The molecule has 0 saturated heterocycles. The van der Waals surface area contributed by atoms with Crippen molar-refractivity contribution in [1.82, 2.24) is 9.97 Å². The molecule has 0 spiro atoms. The topological polar surface area (TPSA) is 66.1 Å². The van der Waals surface area contributed by atoms with E-state index in [0.717, 1.165) is 5.56 Å². The molecular formula is C15H14ClN3O2S. The van der Waals surface area contributed by atoms with Crippen LogP contribution in [0, 0.1) is 6.92 Å². The van der Waals surface area contributed by atoms with Gasteiger partial charge < -0.3 is 4.98 Å². The van der Waals surface area contributed by atoms with E-state index in [4.69, 9.17) is 11.6 Å². The molecule has 0 aliphatic rings. The third-order valence-corrected chi connectivity index (χ3v) is 5.50. The number of pyridine rings is 1. The fraction of sp³-hybridized carbons (Fsp3) is 0.133. The number of sulfonamides is 1. The van der Waals surface area contributed by atoms with Crippen LogP contribution in [0.3, 0.4) is 0 Å². The second-order valence-electron chi connectivity index (χ2n) is 5.01. The van der Waals surface area contributed by atoms with E-state index >= 15 is 0 Å². The Morgan fingerprint density at radius 1 is 1.23 bits per heavy atom. The number of aromatic amines is 1. The van der Waals surface area contributed by atoms with E-state index in [1.54, 1.807) is 30.5 Å². The fourth-order valence-corrected chi connectivity index (χ4v) is 3.69. The summed E-state index contributed by atoms with van der Waals surface area (Å²) < 4.78 is 26.8. The minimum absolute atomic E-state index is 0.198. The van der Waals surface area contributed by atoms with Gasteiger partial charge in [0.2, 0.25) is 0 Å². The van der Waals surface area contributed by atoms with Crippen LogP contribution in [0.5, 0.6) is 0 Å². The van der Waals surface area contributed by atoms with Crippen molar-refractivity contribution < 1.29 is 8.42 Å². The molecular weight excluding hydrogens is 322 g/mol. The summed E-state index contributed by atoms with van der Waals surface area (Å²) in [7, 11) is -2.22. The van der Waals surface area contributed by atoms with Crippen molar-refractivity contribution in [3.8, 4) is 0 Å². The molecule has 7 heteroatoms. The molecule has 0 unspecified atom stereocenters. The summed E-state index contributed by atoms with van der Waals surface area (Å²) in [4.78, 5) is 7.30. The SMILES string of the molecule is Cc1ccc(N(C)S(=O)(=O)c2c[nH]c3cc(Cl)ccc23)nc1. The van der Waals surface area contributed by atoms with E-state index in [1.165, 1.54) is 17.5 Å². The average Bonchev–Trinajstić information content (AvgIpc) is 2.91. The Hall–Kier alpha value is -2.05. The molecule has 3 aromatic rings. The minimum Gasteiger partial charge on any atom is -0.360 e. The lowest BCUT2D eigenvalue weighted by molar-refractivity contribution is 0.595. The van der Waals surface area contributed by atoms with Gasteiger partial charge in [-0.15, -0.1) is 0 Å². The Kier molecular flexibility index (Phi) is 3.58. The number of anilines is 1. The highest BCUT2D eigenvalue weighted by molar-refractivity contribution is 7.93. The van der Waals surface area contributed by atoms with Crippen LogP contribution in [-0.4, -0.2) is 25.4 Å². The molecule has 2 heterocycles. The molecule has 0 amide bonds. The largest absolute Gasteiger partial charge is 0.360 e. The number of nitrogens with zero attached hydrogens (tertiary/aromatic N) is 2. The van der Waals surface area contributed by atoms with Crippen molar-refractivity contribution in [2.75, 3.05) is 11.4 Å². The molecule has 1 aromatic carbocycles. The van der Waals surface area contributed by atoms with E-state index < -0.39 is 10.0 Å². The maximum absolute atomic E-state index is 12.8. The zero-order valence-corrected chi connectivity index (χ0v) is 13.6. The van der Waals surface area contributed by atoms with Crippen LogP contribution < -0.4 is 4.31 Å². The predicted molar refractivity (Wildman–Crippen MR) is 87.9 cm³/mol. The first-order valence-electron chi connectivity index (χ1n) is 6.58. The van der Waals surface area contributed by atoms with Crippen molar-refractivity contribution in [2.24, 2.45) is 0 Å². The molecule has 22 heavy (non-hydrogen) atoms. The van der Waals surface area contributed by atoms with Gasteiger partial charge in [0, 0.05) is 35.4 Å². The van der Waals surface area contributed by atoms with E-state index in [1.807, 2.05) is 13.0 Å². The number of aryl methyl sites for hydroxylation is 1. The first-order chi connectivity index (χ1) is 10.4. The molecule has 0 radical (unpaired) electrons. The van der Waals surface area contributed by atoms with Crippen LogP contribution in [0.2, 0.25) is 5.02 Å². The number of nitrogens with one attached hydrogen (secondary N) is 1. The quantitative estimate of drug-likeness (QED) is 0.798. The normalized spacial score (nSPS) is 11.8. The maximum Gasteiger partial charge on any atom is 0.267 e. The zero-order chi connectivity index (χ0) is 15.9. The van der Waals surface area contributed by atoms with Crippen LogP contribution in [0.1, 0.15) is 5.56 Å². The van der Waals surface area contributed by atoms with Crippen molar-refractivity contribution in [1.29, 1.82) is 0 Å². The number of rotatable bonds is 3. The molecule has 0 atom stereocenters. The first-order valence-corrected chi connectivity index (χ1v) is 8.39. The predicted octanol–water partition coefficient (Wildman–Crippen LogP) is 3.35. The van der Waals surface area contributed by atoms with Gasteiger partial charge in [-0.3, -0.25) is 4.31 Å². The van der Waals surface area contributed by atoms with Gasteiger partial charge in [-0.2, -0.15) is 0 Å². The lowest BCUT2D eigenvalue weighted by Crippen LogP contribution is -2.27. The Morgan fingerprint density at radius 2 is 2.00 bits per heavy atom. The number of H-pyrrole nitrogens is 1. The van der Waals surface area contributed by atoms with Crippen LogP contribution in [0.4, 0.5) is 5.82 Å². The summed E-state index contributed by atoms with van der Waals surface area (Å²) in [5, 5.41) is 1.15. The van der Waals surface area contributed by atoms with Gasteiger partial charge in [0.15, 0.2) is 0 Å². The summed E-state index contributed by atoms with van der Waals surface area (Å²) in [6, 6.07) is 8.56. The van der Waals surface area contributed by atoms with E-state index in [9.17, 15) is 8.42 Å². The number of hydrogen-bond donors (Lipinski definition) is 1. The minimum atomic E-state index is -3.70. The summed E-state index contributed by atoms with van der Waals surface area (Å²) in [5.41, 5.74) is 1.65. The van der Waals surface area contributed by atoms with Crippen LogP contribution in [0.25, 0.3) is 10.9 Å². The highest BCUT2D eigenvalue weighted by Gasteiger charge is 2.25. The van der Waals surface area contributed by atoms with E-state index in [0.29, 0.717) is 21.7 Å². The number of aromatic nitrogens is 2. The van der Waals surface area contributed by atoms with Crippen molar-refractivity contribution in [2.45, 2.75) is 11.8 Å². The van der Waals surface area contributed by atoms with Crippen molar-refractivity contribution in [3.05, 3.63) is 53.3 Å². The van der Waals surface area contributed by atoms with E-state index in [2.05, 4.69) is 9.97 Å². The fourth-order valence-electron chi connectivity index (χ4n) is 2.20. The molecule has 1 N–H and O–H groups in total. The van der Waals surface area contributed by atoms with Crippen molar-refractivity contribution >= 4 is 38.3 Å². The summed E-state index contributed by atoms with van der Waals surface area (Å²) >= 11 is 5.93. The zero-order valence-electron chi connectivity index (χ0n) is 12.0. The third kappa shape index (κ3) is 2.44. The summed E-state index contributed by atoms with van der Waals surface area (Å²) in [6.07, 6.45) is 3.11. The highest BCUT2D eigenvalue weighted by atomic mass is 35.5. The van der Waals surface area contributed by atoms with Crippen molar-refractivity contribution in [3.63, 3.8) is 0 Å². The van der Waals surface area contributed by atoms with Crippen LogP contribution in [0.15, 0.2) is 47.6 Å². The number of halogens is 1. The summed E-state index contributed by atoms with van der Waals surface area (Å²) in [5.74, 6) is 0.369. The Balaban J connectivity index is 2.09. The van der Waals surface area contributed by atoms with Gasteiger partial charge >= 0.3 is 0 Å². The van der Waals surface area contributed by atoms with Gasteiger partial charge in [0.25, 0.3) is 10.0 Å². The number of benzene rings is 1. The van der Waals surface area contributed by atoms with E-state index in [-0.39, 0.29) is 4.90 Å². The smallest absolute Gasteiger partial charge is 0.267 e. The van der Waals surface area contributed by atoms with Crippen LogP contribution >= 0.6 is 11.6 Å². The molecule has 0 fully saturated rings. The van der Waals surface area contributed by atoms with Gasteiger partial charge in [-0.1, -0.05) is 17.7 Å². The lowest BCUT2D eigenvalue weighted by Gasteiger charge is -2.18. The van der Waals surface area contributed by atoms with Gasteiger partial charge in [0.1, 0.15) is 10.7 Å². The Morgan fingerprint density at radius 3 is 2.68 bits per heavy atom. The molecule has 3 rings (SSSR count). The lowest BCUT2D eigenvalue weighted by atomic mass is 10.2. The standard InChI is InChI=1S/C15H14ClN3O2S/c1-10-3-6-15(18-8-10)19(2)22(20,21)14-9-17-13-7-11(16)4-5-12(13)14/h3-9,17H,1-2H3. The number of fused-ring (bicyclic) bond motifs is 1. The second-order valence-corrected chi connectivity index (χ2v) is 7.38. The molecule has 2 aromatic heterocycles. The molecule has 5 nitrogen and oxygen atoms in total. The van der Waals surface area contributed by atoms with Gasteiger partial charge in [0.05, 0.1) is 0 Å². The van der Waals surface area contributed by atoms with Gasteiger partial charge in [-0.25, -0.2) is 13.4 Å².